The Morgan fingerprint density at radius 2 is 2.23 bits per heavy atom. The summed E-state index contributed by atoms with van der Waals surface area (Å²) >= 11 is 3.70. The third kappa shape index (κ3) is 3.65. The molecule has 1 aliphatic rings. The Morgan fingerprint density at radius 3 is 2.85 bits per heavy atom. The molecule has 0 aromatic heterocycles. The zero-order valence-corrected chi connectivity index (χ0v) is 10.9. The Morgan fingerprint density at radius 1 is 1.54 bits per heavy atom. The highest BCUT2D eigenvalue weighted by atomic mass is 127. The average molecular weight is 313 g/mol. The molecule has 0 unspecified atom stereocenters. The van der Waals surface area contributed by atoms with Gasteiger partial charge in [-0.05, 0) is 25.0 Å². The van der Waals surface area contributed by atoms with Crippen LogP contribution < -0.4 is 5.32 Å². The first-order valence-corrected chi connectivity index (χ1v) is 7.43. The van der Waals surface area contributed by atoms with E-state index in [1.807, 2.05) is 6.26 Å². The fourth-order valence-corrected chi connectivity index (χ4v) is 3.12. The third-order valence-corrected chi connectivity index (χ3v) is 4.22. The van der Waals surface area contributed by atoms with E-state index in [0.717, 1.165) is 4.43 Å². The molecule has 1 saturated carbocycles. The molecular weight excluding hydrogens is 297 g/mol. The highest BCUT2D eigenvalue weighted by molar-refractivity contribution is 14.1. The summed E-state index contributed by atoms with van der Waals surface area (Å²) in [6, 6.07) is 0.436. The van der Waals surface area contributed by atoms with E-state index < -0.39 is 0 Å². The maximum atomic E-state index is 11.2. The first-order valence-electron chi connectivity index (χ1n) is 4.68. The maximum absolute atomic E-state index is 11.2. The summed E-state index contributed by atoms with van der Waals surface area (Å²) in [5.41, 5.74) is 0. The zero-order chi connectivity index (χ0) is 9.68. The SMILES string of the molecule is CSC(=O)N[C@@H]1CCCC[C@H]1CI. The van der Waals surface area contributed by atoms with E-state index in [4.69, 9.17) is 0 Å². The summed E-state index contributed by atoms with van der Waals surface area (Å²) in [7, 11) is 0. The predicted molar refractivity (Wildman–Crippen MR) is 66.7 cm³/mol. The molecule has 0 aromatic rings. The molecule has 1 amide bonds. The van der Waals surface area contributed by atoms with Crippen LogP contribution in [0.5, 0.6) is 0 Å². The topological polar surface area (TPSA) is 29.1 Å². The molecule has 0 aliphatic heterocycles. The minimum absolute atomic E-state index is 0.127. The molecule has 1 rings (SSSR count). The highest BCUT2D eigenvalue weighted by Crippen LogP contribution is 2.26. The van der Waals surface area contributed by atoms with Gasteiger partial charge in [-0.15, -0.1) is 0 Å². The van der Waals surface area contributed by atoms with Gasteiger partial charge in [0.25, 0.3) is 5.24 Å². The van der Waals surface area contributed by atoms with Gasteiger partial charge in [0, 0.05) is 10.5 Å². The Kier molecular flexibility index (Phi) is 5.47. The minimum Gasteiger partial charge on any atom is -0.344 e. The first kappa shape index (κ1) is 11.6. The van der Waals surface area contributed by atoms with E-state index in [1.165, 1.54) is 37.4 Å². The Balaban J connectivity index is 2.40. The van der Waals surface area contributed by atoms with Crippen molar-refractivity contribution in [2.24, 2.45) is 5.92 Å². The number of carbonyl (C=O) groups excluding carboxylic acids is 1. The van der Waals surface area contributed by atoms with E-state index in [9.17, 15) is 4.79 Å². The predicted octanol–water partition coefficient (Wildman–Crippen LogP) is 3.05. The second-order valence-electron chi connectivity index (χ2n) is 3.44. The molecule has 1 aliphatic carbocycles. The number of carbonyl (C=O) groups is 1. The first-order chi connectivity index (χ1) is 6.27. The van der Waals surface area contributed by atoms with Gasteiger partial charge in [-0.25, -0.2) is 0 Å². The number of halogens is 1. The number of alkyl halides is 1. The molecule has 4 heteroatoms. The lowest BCUT2D eigenvalue weighted by Crippen LogP contribution is -2.41. The van der Waals surface area contributed by atoms with Gasteiger partial charge in [0.15, 0.2) is 0 Å². The summed E-state index contributed by atoms with van der Waals surface area (Å²) in [6.07, 6.45) is 6.88. The van der Waals surface area contributed by atoms with E-state index in [-0.39, 0.29) is 5.24 Å². The van der Waals surface area contributed by atoms with Gasteiger partial charge in [0.05, 0.1) is 0 Å². The van der Waals surface area contributed by atoms with Crippen LogP contribution in [0.3, 0.4) is 0 Å². The smallest absolute Gasteiger partial charge is 0.279 e. The fraction of sp³-hybridized carbons (Fsp3) is 0.889. The second kappa shape index (κ2) is 6.11. The van der Waals surface area contributed by atoms with Crippen LogP contribution in [0.15, 0.2) is 0 Å². The lowest BCUT2D eigenvalue weighted by Gasteiger charge is -2.30. The Bertz CT molecular complexity index is 177. The molecule has 0 bridgehead atoms. The lowest BCUT2D eigenvalue weighted by molar-refractivity contribution is 0.242. The van der Waals surface area contributed by atoms with Gasteiger partial charge >= 0.3 is 0 Å². The van der Waals surface area contributed by atoms with Crippen molar-refractivity contribution >= 4 is 39.6 Å². The summed E-state index contributed by atoms with van der Waals surface area (Å²) in [5, 5.41) is 3.22. The van der Waals surface area contributed by atoms with Crippen LogP contribution >= 0.6 is 34.4 Å². The van der Waals surface area contributed by atoms with Gasteiger partial charge in [-0.2, -0.15) is 0 Å². The third-order valence-electron chi connectivity index (χ3n) is 2.60. The van der Waals surface area contributed by atoms with Crippen LogP contribution in [0.4, 0.5) is 4.79 Å². The largest absolute Gasteiger partial charge is 0.344 e. The van der Waals surface area contributed by atoms with Crippen LogP contribution in [0.2, 0.25) is 0 Å². The van der Waals surface area contributed by atoms with E-state index in [0.29, 0.717) is 12.0 Å². The van der Waals surface area contributed by atoms with Crippen molar-refractivity contribution in [3.05, 3.63) is 0 Å². The summed E-state index contributed by atoms with van der Waals surface area (Å²) in [6.45, 7) is 0. The average Bonchev–Trinajstić information content (AvgIpc) is 2.18. The number of hydrogen-bond acceptors (Lipinski definition) is 2. The molecule has 13 heavy (non-hydrogen) atoms. The van der Waals surface area contributed by atoms with Gasteiger partial charge in [0.2, 0.25) is 0 Å². The number of nitrogens with one attached hydrogen (secondary N) is 1. The minimum atomic E-state index is 0.127. The molecular formula is C9H16INOS. The van der Waals surface area contributed by atoms with Crippen molar-refractivity contribution in [2.45, 2.75) is 31.7 Å². The van der Waals surface area contributed by atoms with Gasteiger partial charge < -0.3 is 5.32 Å². The van der Waals surface area contributed by atoms with E-state index in [1.54, 1.807) is 0 Å². The van der Waals surface area contributed by atoms with Gasteiger partial charge in [0.1, 0.15) is 0 Å². The Labute approximate surface area is 97.7 Å². The van der Waals surface area contributed by atoms with Crippen LogP contribution in [0.25, 0.3) is 0 Å². The molecule has 76 valence electrons. The van der Waals surface area contributed by atoms with Crippen LogP contribution in [-0.2, 0) is 0 Å². The molecule has 1 N–H and O–H groups in total. The summed E-state index contributed by atoms with van der Waals surface area (Å²) < 4.78 is 1.16. The van der Waals surface area contributed by atoms with Crippen molar-refractivity contribution in [3.63, 3.8) is 0 Å². The normalized spacial score (nSPS) is 28.5. The molecule has 0 spiro atoms. The number of hydrogen-bond donors (Lipinski definition) is 1. The molecule has 0 radical (unpaired) electrons. The summed E-state index contributed by atoms with van der Waals surface area (Å²) in [5.74, 6) is 0.699. The van der Waals surface area contributed by atoms with E-state index >= 15 is 0 Å². The van der Waals surface area contributed by atoms with Crippen LogP contribution in [-0.4, -0.2) is 22.0 Å². The highest BCUT2D eigenvalue weighted by Gasteiger charge is 2.24. The monoisotopic (exact) mass is 313 g/mol. The van der Waals surface area contributed by atoms with Crippen molar-refractivity contribution in [3.8, 4) is 0 Å². The molecule has 2 nitrogen and oxygen atoms in total. The van der Waals surface area contributed by atoms with Crippen molar-refractivity contribution in [1.82, 2.24) is 5.32 Å². The van der Waals surface area contributed by atoms with Crippen molar-refractivity contribution < 1.29 is 4.79 Å². The zero-order valence-electron chi connectivity index (χ0n) is 7.88. The van der Waals surface area contributed by atoms with Crippen LogP contribution in [0.1, 0.15) is 25.7 Å². The quantitative estimate of drug-likeness (QED) is 0.627. The lowest BCUT2D eigenvalue weighted by atomic mass is 9.86. The summed E-state index contributed by atoms with van der Waals surface area (Å²) in [4.78, 5) is 11.2. The number of thioether (sulfide) groups is 1. The number of rotatable bonds is 2. The second-order valence-corrected chi connectivity index (χ2v) is 5.10. The molecule has 0 saturated heterocycles. The maximum Gasteiger partial charge on any atom is 0.279 e. The molecule has 2 atom stereocenters. The molecule has 1 fully saturated rings. The standard InChI is InChI=1S/C9H16INOS/c1-13-9(12)11-8-5-3-2-4-7(8)6-10/h7-8H,2-6H2,1H3,(H,11,12)/t7-,8+/m0/s1. The number of amides is 1. The Hall–Kier alpha value is 0.550. The van der Waals surface area contributed by atoms with Crippen LogP contribution in [0, 0.1) is 5.92 Å². The molecule has 0 heterocycles. The molecule has 0 aromatic carbocycles. The van der Waals surface area contributed by atoms with Crippen molar-refractivity contribution in [2.75, 3.05) is 10.7 Å². The van der Waals surface area contributed by atoms with Crippen molar-refractivity contribution in [1.29, 1.82) is 0 Å². The van der Waals surface area contributed by atoms with Gasteiger partial charge in [-0.3, -0.25) is 4.79 Å². The fourth-order valence-electron chi connectivity index (χ4n) is 1.79. The van der Waals surface area contributed by atoms with Gasteiger partial charge in [-0.1, -0.05) is 47.2 Å². The van der Waals surface area contributed by atoms with E-state index in [2.05, 4.69) is 27.9 Å².